The van der Waals surface area contributed by atoms with E-state index in [9.17, 15) is 4.39 Å². The van der Waals surface area contributed by atoms with Gasteiger partial charge in [-0.05, 0) is 19.9 Å². The summed E-state index contributed by atoms with van der Waals surface area (Å²) in [4.78, 5) is 1.81. The van der Waals surface area contributed by atoms with E-state index in [1.54, 1.807) is 12.0 Å². The van der Waals surface area contributed by atoms with Crippen LogP contribution in [0.25, 0.3) is 0 Å². The molecular weight excluding hydrogens is 257 g/mol. The Morgan fingerprint density at radius 2 is 2.00 bits per heavy atom. The summed E-state index contributed by atoms with van der Waals surface area (Å²) in [5.41, 5.74) is 12.1. The molecule has 0 fully saturated rings. The second kappa shape index (κ2) is 6.11. The standard InChI is InChI=1S/C12H19ClFN3O/c1-7(2)17(4-5-18-3)12-9(16)6-8(15)10(13)11(12)14/h6-7H,4-5,15-16H2,1-3H3. The molecular formula is C12H19ClFN3O. The van der Waals surface area contributed by atoms with Crippen molar-refractivity contribution < 1.29 is 9.13 Å². The summed E-state index contributed by atoms with van der Waals surface area (Å²) in [7, 11) is 1.59. The number of hydrogen-bond donors (Lipinski definition) is 2. The number of hydrogen-bond acceptors (Lipinski definition) is 4. The van der Waals surface area contributed by atoms with Crippen LogP contribution in [0.2, 0.25) is 5.02 Å². The van der Waals surface area contributed by atoms with Gasteiger partial charge in [0.05, 0.1) is 23.7 Å². The van der Waals surface area contributed by atoms with Crippen molar-refractivity contribution in [1.82, 2.24) is 0 Å². The molecule has 0 unspecified atom stereocenters. The molecule has 0 aliphatic rings. The van der Waals surface area contributed by atoms with Crippen LogP contribution in [-0.2, 0) is 4.74 Å². The van der Waals surface area contributed by atoms with Crippen LogP contribution >= 0.6 is 11.6 Å². The Kier molecular flexibility index (Phi) is 5.04. The quantitative estimate of drug-likeness (QED) is 0.811. The highest BCUT2D eigenvalue weighted by molar-refractivity contribution is 6.33. The van der Waals surface area contributed by atoms with E-state index in [1.165, 1.54) is 6.07 Å². The second-order valence-corrected chi connectivity index (χ2v) is 4.69. The number of methoxy groups -OCH3 is 1. The Morgan fingerprint density at radius 3 is 2.50 bits per heavy atom. The Hall–Kier alpha value is -1.20. The van der Waals surface area contributed by atoms with Crippen LogP contribution in [0, 0.1) is 5.82 Å². The lowest BCUT2D eigenvalue weighted by molar-refractivity contribution is 0.203. The summed E-state index contributed by atoms with van der Waals surface area (Å²) in [6.45, 7) is 4.88. The first-order chi connectivity index (χ1) is 8.40. The van der Waals surface area contributed by atoms with Crippen molar-refractivity contribution in [2.24, 2.45) is 0 Å². The Morgan fingerprint density at radius 1 is 1.39 bits per heavy atom. The van der Waals surface area contributed by atoms with Crippen molar-refractivity contribution in [2.75, 3.05) is 36.6 Å². The first-order valence-electron chi connectivity index (χ1n) is 5.68. The van der Waals surface area contributed by atoms with Gasteiger partial charge in [-0.3, -0.25) is 0 Å². The van der Waals surface area contributed by atoms with E-state index in [0.29, 0.717) is 13.2 Å². The predicted octanol–water partition coefficient (Wildman–Crippen LogP) is 2.50. The third-order valence-electron chi connectivity index (χ3n) is 2.69. The first kappa shape index (κ1) is 14.9. The van der Waals surface area contributed by atoms with Gasteiger partial charge in [0, 0.05) is 19.7 Å². The molecule has 0 saturated heterocycles. The van der Waals surface area contributed by atoms with Crippen LogP contribution in [0.4, 0.5) is 21.5 Å². The van der Waals surface area contributed by atoms with Crippen molar-refractivity contribution in [3.63, 3.8) is 0 Å². The average molecular weight is 276 g/mol. The summed E-state index contributed by atoms with van der Waals surface area (Å²) < 4.78 is 19.2. The first-order valence-corrected chi connectivity index (χ1v) is 6.06. The van der Waals surface area contributed by atoms with E-state index in [4.69, 9.17) is 27.8 Å². The van der Waals surface area contributed by atoms with Crippen molar-refractivity contribution in [2.45, 2.75) is 19.9 Å². The third kappa shape index (κ3) is 2.97. The van der Waals surface area contributed by atoms with E-state index in [2.05, 4.69) is 0 Å². The minimum atomic E-state index is -0.584. The number of nitrogens with zero attached hydrogens (tertiary/aromatic N) is 1. The van der Waals surface area contributed by atoms with Crippen molar-refractivity contribution in [3.8, 4) is 0 Å². The smallest absolute Gasteiger partial charge is 0.169 e. The topological polar surface area (TPSA) is 64.5 Å². The summed E-state index contributed by atoms with van der Waals surface area (Å²) in [6, 6.07) is 1.54. The van der Waals surface area contributed by atoms with Gasteiger partial charge in [-0.25, -0.2) is 4.39 Å². The van der Waals surface area contributed by atoms with Crippen LogP contribution in [0.1, 0.15) is 13.8 Å². The molecule has 0 atom stereocenters. The molecule has 0 saturated carbocycles. The third-order valence-corrected chi connectivity index (χ3v) is 3.07. The van der Waals surface area contributed by atoms with Gasteiger partial charge in [0.25, 0.3) is 0 Å². The van der Waals surface area contributed by atoms with Gasteiger partial charge in [0.1, 0.15) is 5.02 Å². The van der Waals surface area contributed by atoms with Gasteiger partial charge < -0.3 is 21.1 Å². The maximum absolute atomic E-state index is 14.2. The zero-order valence-corrected chi connectivity index (χ0v) is 11.6. The SMILES string of the molecule is COCCN(c1c(N)cc(N)c(Cl)c1F)C(C)C. The molecule has 102 valence electrons. The Labute approximate surface area is 112 Å². The number of ether oxygens (including phenoxy) is 1. The normalized spacial score (nSPS) is 11.0. The maximum atomic E-state index is 14.2. The molecule has 0 amide bonds. The fourth-order valence-corrected chi connectivity index (χ4v) is 1.91. The molecule has 6 heteroatoms. The van der Waals surface area contributed by atoms with E-state index in [-0.39, 0.29) is 28.1 Å². The van der Waals surface area contributed by atoms with Gasteiger partial charge in [0.15, 0.2) is 5.82 Å². The molecule has 18 heavy (non-hydrogen) atoms. The zero-order chi connectivity index (χ0) is 13.9. The molecule has 1 aromatic carbocycles. The van der Waals surface area contributed by atoms with E-state index in [1.807, 2.05) is 13.8 Å². The Balaban J connectivity index is 3.23. The number of anilines is 3. The highest BCUT2D eigenvalue weighted by atomic mass is 35.5. The van der Waals surface area contributed by atoms with Crippen LogP contribution in [-0.4, -0.2) is 26.3 Å². The van der Waals surface area contributed by atoms with Crippen molar-refractivity contribution in [1.29, 1.82) is 0 Å². The molecule has 0 radical (unpaired) electrons. The molecule has 0 spiro atoms. The largest absolute Gasteiger partial charge is 0.397 e. The average Bonchev–Trinajstić information content (AvgIpc) is 2.30. The van der Waals surface area contributed by atoms with Crippen LogP contribution < -0.4 is 16.4 Å². The number of benzene rings is 1. The summed E-state index contributed by atoms with van der Waals surface area (Å²) in [5, 5.41) is -0.0951. The number of halogens is 2. The van der Waals surface area contributed by atoms with Crippen molar-refractivity contribution >= 4 is 28.7 Å². The van der Waals surface area contributed by atoms with Gasteiger partial charge in [-0.15, -0.1) is 0 Å². The molecule has 0 bridgehead atoms. The van der Waals surface area contributed by atoms with Crippen molar-refractivity contribution in [3.05, 3.63) is 16.9 Å². The lowest BCUT2D eigenvalue weighted by Gasteiger charge is -2.30. The van der Waals surface area contributed by atoms with E-state index < -0.39 is 5.82 Å². The molecule has 0 heterocycles. The van der Waals surface area contributed by atoms with Gasteiger partial charge >= 0.3 is 0 Å². The molecule has 0 aliphatic carbocycles. The summed E-state index contributed by atoms with van der Waals surface area (Å²) in [5.74, 6) is -0.584. The molecule has 4 N–H and O–H groups in total. The van der Waals surface area contributed by atoms with E-state index >= 15 is 0 Å². The summed E-state index contributed by atoms with van der Waals surface area (Å²) >= 11 is 5.82. The van der Waals surface area contributed by atoms with Crippen LogP contribution in [0.3, 0.4) is 0 Å². The predicted molar refractivity (Wildman–Crippen MR) is 74.6 cm³/mol. The summed E-state index contributed by atoms with van der Waals surface area (Å²) in [6.07, 6.45) is 0. The van der Waals surface area contributed by atoms with E-state index in [0.717, 1.165) is 0 Å². The second-order valence-electron chi connectivity index (χ2n) is 4.31. The molecule has 1 rings (SSSR count). The lowest BCUT2D eigenvalue weighted by Crippen LogP contribution is -2.35. The van der Waals surface area contributed by atoms with Gasteiger partial charge in [-0.1, -0.05) is 11.6 Å². The highest BCUT2D eigenvalue weighted by Crippen LogP contribution is 2.36. The van der Waals surface area contributed by atoms with Crippen LogP contribution in [0.5, 0.6) is 0 Å². The molecule has 4 nitrogen and oxygen atoms in total. The number of nitrogens with two attached hydrogens (primary N) is 2. The maximum Gasteiger partial charge on any atom is 0.169 e. The molecule has 1 aromatic rings. The van der Waals surface area contributed by atoms with Crippen LogP contribution in [0.15, 0.2) is 6.07 Å². The number of rotatable bonds is 5. The minimum Gasteiger partial charge on any atom is -0.397 e. The molecule has 0 aliphatic heterocycles. The lowest BCUT2D eigenvalue weighted by atomic mass is 10.1. The molecule has 0 aromatic heterocycles. The fraction of sp³-hybridized carbons (Fsp3) is 0.500. The van der Waals surface area contributed by atoms with Gasteiger partial charge in [0.2, 0.25) is 0 Å². The number of nitrogen functional groups attached to an aromatic ring is 2. The monoisotopic (exact) mass is 275 g/mol. The minimum absolute atomic E-state index is 0.0663. The fourth-order valence-electron chi connectivity index (χ4n) is 1.77. The highest BCUT2D eigenvalue weighted by Gasteiger charge is 2.21. The van der Waals surface area contributed by atoms with Gasteiger partial charge in [-0.2, -0.15) is 0 Å². The zero-order valence-electron chi connectivity index (χ0n) is 10.8. The Bertz CT molecular complexity index is 426.